The lowest BCUT2D eigenvalue weighted by Gasteiger charge is -2.12. The minimum atomic E-state index is -3.71. The van der Waals surface area contributed by atoms with Gasteiger partial charge >= 0.3 is 0 Å². The summed E-state index contributed by atoms with van der Waals surface area (Å²) >= 11 is 0. The van der Waals surface area contributed by atoms with Gasteiger partial charge in [0.05, 0.1) is 23.4 Å². The Kier molecular flexibility index (Phi) is 6.18. The Morgan fingerprint density at radius 2 is 1.73 bits per heavy atom. The van der Waals surface area contributed by atoms with Crippen molar-refractivity contribution < 1.29 is 26.3 Å². The van der Waals surface area contributed by atoms with E-state index in [1.165, 1.54) is 48.2 Å². The molecule has 3 aromatic rings. The second-order valence-corrected chi connectivity index (χ2v) is 8.50. The van der Waals surface area contributed by atoms with Crippen LogP contribution >= 0.6 is 0 Å². The summed E-state index contributed by atoms with van der Waals surface area (Å²) in [7, 11) is -2.39. The van der Waals surface area contributed by atoms with Crippen molar-refractivity contribution in [2.75, 3.05) is 7.11 Å². The normalized spacial score (nSPS) is 12.0. The van der Waals surface area contributed by atoms with E-state index in [4.69, 9.17) is 4.74 Å². The first-order valence-electron chi connectivity index (χ1n) is 8.97. The number of nitrogens with one attached hydrogen (secondary N) is 1. The summed E-state index contributed by atoms with van der Waals surface area (Å²) in [5.41, 5.74) is 0.393. The van der Waals surface area contributed by atoms with Crippen LogP contribution in [0, 0.1) is 5.82 Å². The van der Waals surface area contributed by atoms with E-state index in [2.05, 4.69) is 9.82 Å². The van der Waals surface area contributed by atoms with Gasteiger partial charge in [-0.1, -0.05) is 0 Å². The maximum Gasteiger partial charge on any atom is 0.282 e. The third kappa shape index (κ3) is 4.49. The SMILES string of the molecule is COc1ccc(-c2cc(C(F)F)nn2-c2ccc(S(=O)(=O)NC(C)C)cc2)cc1F. The van der Waals surface area contributed by atoms with Gasteiger partial charge in [0.1, 0.15) is 5.69 Å². The van der Waals surface area contributed by atoms with Crippen molar-refractivity contribution in [3.63, 3.8) is 0 Å². The van der Waals surface area contributed by atoms with Crippen molar-refractivity contribution >= 4 is 10.0 Å². The largest absolute Gasteiger partial charge is 0.494 e. The average Bonchev–Trinajstić information content (AvgIpc) is 3.13. The van der Waals surface area contributed by atoms with E-state index >= 15 is 0 Å². The summed E-state index contributed by atoms with van der Waals surface area (Å²) in [6, 6.07) is 10.5. The highest BCUT2D eigenvalue weighted by Crippen LogP contribution is 2.31. The molecule has 0 atom stereocenters. The Hall–Kier alpha value is -2.85. The second-order valence-electron chi connectivity index (χ2n) is 6.79. The molecule has 0 amide bonds. The first kappa shape index (κ1) is 21.8. The lowest BCUT2D eigenvalue weighted by Crippen LogP contribution is -2.30. The Bertz CT molecular complexity index is 1140. The second kappa shape index (κ2) is 8.49. The molecular formula is C20H20F3N3O3S. The summed E-state index contributed by atoms with van der Waals surface area (Å²) in [6.07, 6.45) is -2.83. The van der Waals surface area contributed by atoms with Crippen molar-refractivity contribution in [1.82, 2.24) is 14.5 Å². The summed E-state index contributed by atoms with van der Waals surface area (Å²) < 4.78 is 73.8. The zero-order valence-electron chi connectivity index (χ0n) is 16.4. The predicted octanol–water partition coefficient (Wildman–Crippen LogP) is 4.31. The molecule has 0 saturated carbocycles. The van der Waals surface area contributed by atoms with Crippen LogP contribution in [0.5, 0.6) is 5.75 Å². The van der Waals surface area contributed by atoms with E-state index in [1.807, 2.05) is 0 Å². The van der Waals surface area contributed by atoms with Gasteiger partial charge in [0.25, 0.3) is 6.43 Å². The summed E-state index contributed by atoms with van der Waals surface area (Å²) in [5.74, 6) is -0.631. The van der Waals surface area contributed by atoms with Crippen LogP contribution in [0.15, 0.2) is 53.4 Å². The molecule has 1 aromatic heterocycles. The molecule has 0 bridgehead atoms. The van der Waals surface area contributed by atoms with Crippen LogP contribution in [0.2, 0.25) is 0 Å². The lowest BCUT2D eigenvalue weighted by atomic mass is 10.1. The third-order valence-electron chi connectivity index (χ3n) is 4.18. The van der Waals surface area contributed by atoms with Crippen LogP contribution in [0.25, 0.3) is 16.9 Å². The van der Waals surface area contributed by atoms with Crippen molar-refractivity contribution in [3.05, 3.63) is 60.0 Å². The number of methoxy groups -OCH3 is 1. The van der Waals surface area contributed by atoms with Gasteiger partial charge in [-0.15, -0.1) is 0 Å². The highest BCUT2D eigenvalue weighted by Gasteiger charge is 2.20. The number of hydrogen-bond acceptors (Lipinski definition) is 4. The standard InChI is InChI=1S/C20H20F3N3O3S/c1-12(2)25-30(27,28)15-7-5-14(6-8-15)26-18(11-17(24-26)20(22)23)13-4-9-19(29-3)16(21)10-13/h4-12,20,25H,1-3H3. The highest BCUT2D eigenvalue weighted by molar-refractivity contribution is 7.89. The lowest BCUT2D eigenvalue weighted by molar-refractivity contribution is 0.145. The fourth-order valence-electron chi connectivity index (χ4n) is 2.88. The maximum atomic E-state index is 14.1. The molecule has 0 aliphatic heterocycles. The predicted molar refractivity (Wildman–Crippen MR) is 106 cm³/mol. The number of benzene rings is 2. The monoisotopic (exact) mass is 439 g/mol. The number of nitrogens with zero attached hydrogens (tertiary/aromatic N) is 2. The summed E-state index contributed by atoms with van der Waals surface area (Å²) in [4.78, 5) is 0.0261. The molecule has 160 valence electrons. The minimum Gasteiger partial charge on any atom is -0.494 e. The minimum absolute atomic E-state index is 0.0195. The van der Waals surface area contributed by atoms with Gasteiger partial charge in [0.15, 0.2) is 11.6 Å². The van der Waals surface area contributed by atoms with E-state index in [0.717, 1.165) is 12.1 Å². The third-order valence-corrected chi connectivity index (χ3v) is 5.86. The topological polar surface area (TPSA) is 73.2 Å². The van der Waals surface area contributed by atoms with Gasteiger partial charge in [-0.25, -0.2) is 31.0 Å². The van der Waals surface area contributed by atoms with Crippen LogP contribution in [0.4, 0.5) is 13.2 Å². The summed E-state index contributed by atoms with van der Waals surface area (Å²) in [6.45, 7) is 3.39. The number of rotatable bonds is 7. The Morgan fingerprint density at radius 1 is 1.07 bits per heavy atom. The van der Waals surface area contributed by atoms with Gasteiger partial charge in [-0.05, 0) is 62.4 Å². The van der Waals surface area contributed by atoms with Crippen LogP contribution in [0.3, 0.4) is 0 Å². The first-order chi connectivity index (χ1) is 14.1. The highest BCUT2D eigenvalue weighted by atomic mass is 32.2. The number of ether oxygens (including phenoxy) is 1. The van der Waals surface area contributed by atoms with Crippen molar-refractivity contribution in [2.24, 2.45) is 0 Å². The molecule has 0 spiro atoms. The van der Waals surface area contributed by atoms with E-state index in [1.54, 1.807) is 13.8 Å². The van der Waals surface area contributed by atoms with Crippen molar-refractivity contribution in [3.8, 4) is 22.7 Å². The smallest absolute Gasteiger partial charge is 0.282 e. The number of halogens is 3. The molecule has 1 heterocycles. The zero-order valence-corrected chi connectivity index (χ0v) is 17.3. The number of hydrogen-bond donors (Lipinski definition) is 1. The van der Waals surface area contributed by atoms with Gasteiger partial charge in [0, 0.05) is 11.6 Å². The fourth-order valence-corrected chi connectivity index (χ4v) is 4.13. The zero-order chi connectivity index (χ0) is 22.1. The van der Waals surface area contributed by atoms with Crippen LogP contribution in [-0.2, 0) is 10.0 Å². The molecule has 1 N–H and O–H groups in total. The average molecular weight is 439 g/mol. The van der Waals surface area contributed by atoms with E-state index < -0.39 is 28.0 Å². The molecule has 0 radical (unpaired) electrons. The fraction of sp³-hybridized carbons (Fsp3) is 0.250. The quantitative estimate of drug-likeness (QED) is 0.595. The number of aromatic nitrogens is 2. The van der Waals surface area contributed by atoms with Gasteiger partial charge < -0.3 is 4.74 Å². The van der Waals surface area contributed by atoms with Gasteiger partial charge in [0.2, 0.25) is 10.0 Å². The van der Waals surface area contributed by atoms with Gasteiger partial charge in [-0.3, -0.25) is 0 Å². The van der Waals surface area contributed by atoms with Crippen LogP contribution in [-0.4, -0.2) is 31.3 Å². The summed E-state index contributed by atoms with van der Waals surface area (Å²) in [5, 5.41) is 3.92. The Labute approximate surface area is 172 Å². The Balaban J connectivity index is 2.07. The first-order valence-corrected chi connectivity index (χ1v) is 10.5. The molecule has 0 aliphatic rings. The molecule has 3 rings (SSSR count). The molecule has 0 unspecified atom stereocenters. The van der Waals surface area contributed by atoms with Crippen LogP contribution in [0.1, 0.15) is 26.0 Å². The van der Waals surface area contributed by atoms with Crippen LogP contribution < -0.4 is 9.46 Å². The van der Waals surface area contributed by atoms with E-state index in [-0.39, 0.29) is 22.4 Å². The van der Waals surface area contributed by atoms with E-state index in [0.29, 0.717) is 11.3 Å². The molecule has 0 aliphatic carbocycles. The number of alkyl halides is 2. The van der Waals surface area contributed by atoms with Gasteiger partial charge in [-0.2, -0.15) is 5.10 Å². The number of sulfonamides is 1. The molecule has 0 fully saturated rings. The molecule has 2 aromatic carbocycles. The van der Waals surface area contributed by atoms with Crippen molar-refractivity contribution in [2.45, 2.75) is 31.2 Å². The van der Waals surface area contributed by atoms with E-state index in [9.17, 15) is 21.6 Å². The van der Waals surface area contributed by atoms with Crippen molar-refractivity contribution in [1.29, 1.82) is 0 Å². The molecule has 6 nitrogen and oxygen atoms in total. The maximum absolute atomic E-state index is 14.1. The molecular weight excluding hydrogens is 419 g/mol. The molecule has 0 saturated heterocycles. The molecule has 10 heteroatoms. The molecule has 30 heavy (non-hydrogen) atoms. The Morgan fingerprint density at radius 3 is 2.27 bits per heavy atom.